The average molecular weight is 239 g/mol. The topological polar surface area (TPSA) is 83.3 Å². The summed E-state index contributed by atoms with van der Waals surface area (Å²) in [5, 5.41) is 7.47. The smallest absolute Gasteiger partial charge is 0.361 e. The fraction of sp³-hybridized carbons (Fsp3) is 0.600. The Morgan fingerprint density at radius 2 is 1.94 bits per heavy atom. The molecule has 1 aliphatic carbocycles. The van der Waals surface area contributed by atoms with Crippen LogP contribution in [0.1, 0.15) is 33.8 Å². The monoisotopic (exact) mass is 239 g/mol. The van der Waals surface area contributed by atoms with Crippen molar-refractivity contribution in [2.45, 2.75) is 19.4 Å². The van der Waals surface area contributed by atoms with Crippen LogP contribution in [0.15, 0.2) is 0 Å². The van der Waals surface area contributed by atoms with Crippen LogP contribution in [0.3, 0.4) is 0 Å². The molecule has 1 heterocycles. The van der Waals surface area contributed by atoms with E-state index in [2.05, 4.69) is 19.8 Å². The number of carbonyl (C=O) groups excluding carboxylic acids is 2. The van der Waals surface area contributed by atoms with Gasteiger partial charge in [0.25, 0.3) is 0 Å². The van der Waals surface area contributed by atoms with Gasteiger partial charge in [-0.3, -0.25) is 0 Å². The molecule has 0 amide bonds. The zero-order valence-electron chi connectivity index (χ0n) is 9.67. The van der Waals surface area contributed by atoms with Gasteiger partial charge in [0, 0.05) is 6.54 Å². The van der Waals surface area contributed by atoms with E-state index in [-0.39, 0.29) is 11.4 Å². The van der Waals surface area contributed by atoms with E-state index >= 15 is 0 Å². The second-order valence-corrected chi connectivity index (χ2v) is 3.90. The van der Waals surface area contributed by atoms with Gasteiger partial charge in [0.1, 0.15) is 0 Å². The average Bonchev–Trinajstić information content (AvgIpc) is 3.05. The molecule has 1 aromatic heterocycles. The van der Waals surface area contributed by atoms with E-state index in [0.717, 1.165) is 12.8 Å². The molecule has 1 aliphatic rings. The van der Waals surface area contributed by atoms with Crippen molar-refractivity contribution in [3.05, 3.63) is 11.4 Å². The van der Waals surface area contributed by atoms with Gasteiger partial charge in [-0.05, 0) is 18.8 Å². The molecule has 1 saturated carbocycles. The number of rotatable bonds is 4. The molecule has 1 aromatic rings. The van der Waals surface area contributed by atoms with E-state index in [1.54, 1.807) is 0 Å². The Morgan fingerprint density at radius 3 is 2.47 bits per heavy atom. The van der Waals surface area contributed by atoms with Gasteiger partial charge in [-0.25, -0.2) is 14.3 Å². The highest BCUT2D eigenvalue weighted by molar-refractivity contribution is 6.00. The maximum Gasteiger partial charge on any atom is 0.361 e. The van der Waals surface area contributed by atoms with E-state index in [1.807, 2.05) is 0 Å². The normalized spacial score (nSPS) is 14.5. The van der Waals surface area contributed by atoms with Crippen LogP contribution in [0.4, 0.5) is 0 Å². The highest BCUT2D eigenvalue weighted by atomic mass is 16.5. The summed E-state index contributed by atoms with van der Waals surface area (Å²) in [7, 11) is 2.47. The summed E-state index contributed by atoms with van der Waals surface area (Å²) in [6.45, 7) is 0.578. The van der Waals surface area contributed by atoms with Crippen molar-refractivity contribution in [1.29, 1.82) is 0 Å². The highest BCUT2D eigenvalue weighted by Gasteiger charge is 2.30. The van der Waals surface area contributed by atoms with E-state index in [4.69, 9.17) is 0 Å². The third-order valence-electron chi connectivity index (χ3n) is 2.62. The Hall–Kier alpha value is -1.92. The minimum Gasteiger partial charge on any atom is -0.464 e. The number of ether oxygens (including phenoxy) is 2. The largest absolute Gasteiger partial charge is 0.464 e. The molecule has 0 bridgehead atoms. The lowest BCUT2D eigenvalue weighted by atomic mass is 10.3. The minimum atomic E-state index is -0.688. The Bertz CT molecular complexity index is 450. The van der Waals surface area contributed by atoms with Crippen LogP contribution in [0.2, 0.25) is 0 Å². The quantitative estimate of drug-likeness (QED) is 0.701. The molecule has 7 heteroatoms. The molecule has 17 heavy (non-hydrogen) atoms. The lowest BCUT2D eigenvalue weighted by Gasteiger charge is -2.04. The van der Waals surface area contributed by atoms with Gasteiger partial charge in [-0.15, -0.1) is 5.10 Å². The van der Waals surface area contributed by atoms with Gasteiger partial charge in [0.2, 0.25) is 5.69 Å². The van der Waals surface area contributed by atoms with Gasteiger partial charge in [0.15, 0.2) is 5.69 Å². The van der Waals surface area contributed by atoms with Gasteiger partial charge in [0.05, 0.1) is 14.2 Å². The van der Waals surface area contributed by atoms with Crippen molar-refractivity contribution >= 4 is 11.9 Å². The van der Waals surface area contributed by atoms with Crippen LogP contribution >= 0.6 is 0 Å². The van der Waals surface area contributed by atoms with Crippen LogP contribution in [0.25, 0.3) is 0 Å². The Kier molecular flexibility index (Phi) is 3.08. The minimum absolute atomic E-state index is 0.0613. The number of methoxy groups -OCH3 is 2. The summed E-state index contributed by atoms with van der Waals surface area (Å²) in [5.74, 6) is -0.811. The molecule has 7 nitrogen and oxygen atoms in total. The second kappa shape index (κ2) is 4.52. The SMILES string of the molecule is COC(=O)c1nnn(CC2CC2)c1C(=O)OC. The van der Waals surface area contributed by atoms with Crippen LogP contribution in [0.5, 0.6) is 0 Å². The molecule has 0 aliphatic heterocycles. The van der Waals surface area contributed by atoms with E-state index in [1.165, 1.54) is 18.9 Å². The van der Waals surface area contributed by atoms with E-state index in [0.29, 0.717) is 12.5 Å². The number of nitrogens with zero attached hydrogens (tertiary/aromatic N) is 3. The van der Waals surface area contributed by atoms with E-state index < -0.39 is 11.9 Å². The standard InChI is InChI=1S/C10H13N3O4/c1-16-9(14)7-8(10(15)17-2)13(12-11-7)5-6-3-4-6/h6H,3-5H2,1-2H3. The summed E-state index contributed by atoms with van der Waals surface area (Å²) in [6.07, 6.45) is 2.21. The van der Waals surface area contributed by atoms with Crippen LogP contribution in [-0.2, 0) is 16.0 Å². The Morgan fingerprint density at radius 1 is 1.29 bits per heavy atom. The molecule has 0 atom stereocenters. The fourth-order valence-corrected chi connectivity index (χ4v) is 1.52. The van der Waals surface area contributed by atoms with Crippen molar-refractivity contribution < 1.29 is 19.1 Å². The van der Waals surface area contributed by atoms with Crippen LogP contribution in [-0.4, -0.2) is 41.2 Å². The van der Waals surface area contributed by atoms with Gasteiger partial charge >= 0.3 is 11.9 Å². The summed E-state index contributed by atoms with van der Waals surface area (Å²) in [6, 6.07) is 0. The summed E-state index contributed by atoms with van der Waals surface area (Å²) >= 11 is 0. The lowest BCUT2D eigenvalue weighted by Crippen LogP contribution is -2.17. The Labute approximate surface area is 97.7 Å². The maximum absolute atomic E-state index is 11.6. The first kappa shape index (κ1) is 11.6. The predicted octanol–water partition coefficient (Wildman–Crippen LogP) is 0.261. The zero-order valence-corrected chi connectivity index (χ0v) is 9.67. The molecular formula is C10H13N3O4. The molecule has 0 aromatic carbocycles. The van der Waals surface area contributed by atoms with Crippen molar-refractivity contribution in [2.75, 3.05) is 14.2 Å². The molecule has 2 rings (SSSR count). The molecular weight excluding hydrogens is 226 g/mol. The van der Waals surface area contributed by atoms with Gasteiger partial charge in [-0.2, -0.15) is 0 Å². The molecule has 0 unspecified atom stereocenters. The number of hydrogen-bond acceptors (Lipinski definition) is 6. The lowest BCUT2D eigenvalue weighted by molar-refractivity contribution is 0.0543. The zero-order chi connectivity index (χ0) is 12.4. The fourth-order valence-electron chi connectivity index (χ4n) is 1.52. The molecule has 1 fully saturated rings. The Balaban J connectivity index is 2.34. The maximum atomic E-state index is 11.6. The summed E-state index contributed by atoms with van der Waals surface area (Å²) < 4.78 is 10.6. The molecule has 0 N–H and O–H groups in total. The first-order valence-corrected chi connectivity index (χ1v) is 5.27. The summed E-state index contributed by atoms with van der Waals surface area (Å²) in [4.78, 5) is 23.0. The molecule has 92 valence electrons. The van der Waals surface area contributed by atoms with Crippen molar-refractivity contribution in [3.8, 4) is 0 Å². The second-order valence-electron chi connectivity index (χ2n) is 3.90. The molecule has 0 spiro atoms. The number of aromatic nitrogens is 3. The van der Waals surface area contributed by atoms with Crippen molar-refractivity contribution in [3.63, 3.8) is 0 Å². The van der Waals surface area contributed by atoms with Crippen LogP contribution < -0.4 is 0 Å². The molecule has 0 radical (unpaired) electrons. The number of esters is 2. The predicted molar refractivity (Wildman–Crippen MR) is 55.4 cm³/mol. The van der Waals surface area contributed by atoms with Crippen LogP contribution in [0, 0.1) is 5.92 Å². The number of carbonyl (C=O) groups is 2. The summed E-state index contributed by atoms with van der Waals surface area (Å²) in [5.41, 5.74) is -0.0359. The third kappa shape index (κ3) is 2.27. The highest BCUT2D eigenvalue weighted by Crippen LogP contribution is 2.30. The first-order valence-electron chi connectivity index (χ1n) is 5.27. The first-order chi connectivity index (χ1) is 8.17. The van der Waals surface area contributed by atoms with Gasteiger partial charge in [-0.1, -0.05) is 5.21 Å². The van der Waals surface area contributed by atoms with E-state index in [9.17, 15) is 9.59 Å². The third-order valence-corrected chi connectivity index (χ3v) is 2.62. The molecule has 0 saturated heterocycles. The van der Waals surface area contributed by atoms with Gasteiger partial charge < -0.3 is 9.47 Å². The van der Waals surface area contributed by atoms with Crippen molar-refractivity contribution in [2.24, 2.45) is 5.92 Å². The number of hydrogen-bond donors (Lipinski definition) is 0. The van der Waals surface area contributed by atoms with Crippen molar-refractivity contribution in [1.82, 2.24) is 15.0 Å².